The van der Waals surface area contributed by atoms with Crippen molar-refractivity contribution in [2.75, 3.05) is 6.54 Å². The van der Waals surface area contributed by atoms with E-state index >= 15 is 0 Å². The summed E-state index contributed by atoms with van der Waals surface area (Å²) in [4.78, 5) is 0.190. The van der Waals surface area contributed by atoms with Gasteiger partial charge in [0.2, 0.25) is 10.0 Å². The van der Waals surface area contributed by atoms with Crippen molar-refractivity contribution >= 4 is 10.0 Å². The predicted molar refractivity (Wildman–Crippen MR) is 79.0 cm³/mol. The molecule has 2 rings (SSSR count). The topological polar surface area (TPSA) is 90.2 Å². The molecule has 1 aromatic carbocycles. The molecule has 2 N–H and O–H groups in total. The maximum Gasteiger partial charge on any atom is 0.240 e. The van der Waals surface area contributed by atoms with Gasteiger partial charge in [0.25, 0.3) is 0 Å². The highest BCUT2D eigenvalue weighted by Crippen LogP contribution is 2.24. The molecule has 21 heavy (non-hydrogen) atoms. The summed E-state index contributed by atoms with van der Waals surface area (Å²) in [6.45, 7) is 2.12. The van der Waals surface area contributed by atoms with Crippen LogP contribution in [0.4, 0.5) is 0 Å². The second-order valence-corrected chi connectivity index (χ2v) is 7.38. The summed E-state index contributed by atoms with van der Waals surface area (Å²) < 4.78 is 27.1. The number of nitrogens with zero attached hydrogens (tertiary/aromatic N) is 1. The third-order valence-electron chi connectivity index (χ3n) is 4.01. The number of sulfonamides is 1. The van der Waals surface area contributed by atoms with E-state index in [4.69, 9.17) is 5.26 Å². The van der Waals surface area contributed by atoms with E-state index in [-0.39, 0.29) is 16.9 Å². The summed E-state index contributed by atoms with van der Waals surface area (Å²) >= 11 is 0. The zero-order valence-electron chi connectivity index (χ0n) is 12.0. The lowest BCUT2D eigenvalue weighted by Crippen LogP contribution is -2.32. The molecule has 0 heterocycles. The van der Waals surface area contributed by atoms with Gasteiger partial charge in [0.05, 0.1) is 22.6 Å². The number of nitrogens with one attached hydrogen (secondary N) is 1. The minimum atomic E-state index is -3.54. The molecule has 0 unspecified atom stereocenters. The summed E-state index contributed by atoms with van der Waals surface area (Å²) in [5.41, 5.74) is 1.14. The number of rotatable bonds is 4. The van der Waals surface area contributed by atoms with Gasteiger partial charge in [-0.2, -0.15) is 5.26 Å². The lowest BCUT2D eigenvalue weighted by atomic mass is 9.88. The lowest BCUT2D eigenvalue weighted by molar-refractivity contribution is 0.109. The molecule has 0 bridgehead atoms. The maximum atomic E-state index is 12.2. The third kappa shape index (κ3) is 4.03. The van der Waals surface area contributed by atoms with Gasteiger partial charge < -0.3 is 5.11 Å². The van der Waals surface area contributed by atoms with Crippen LogP contribution < -0.4 is 4.72 Å². The van der Waals surface area contributed by atoms with Gasteiger partial charge in [-0.25, -0.2) is 13.1 Å². The van der Waals surface area contributed by atoms with Gasteiger partial charge in [-0.05, 0) is 62.3 Å². The van der Waals surface area contributed by atoms with Crippen LogP contribution in [0.2, 0.25) is 0 Å². The molecule has 1 saturated carbocycles. The molecule has 1 aliphatic rings. The molecule has 0 amide bonds. The number of aliphatic hydroxyl groups excluding tert-OH is 1. The Labute approximate surface area is 125 Å². The number of aliphatic hydroxyl groups is 1. The molecule has 1 aromatic rings. The van der Waals surface area contributed by atoms with Gasteiger partial charge in [-0.15, -0.1) is 0 Å². The highest BCUT2D eigenvalue weighted by atomic mass is 32.2. The van der Waals surface area contributed by atoms with E-state index < -0.39 is 10.0 Å². The van der Waals surface area contributed by atoms with Crippen LogP contribution in [-0.4, -0.2) is 26.2 Å². The van der Waals surface area contributed by atoms with Crippen molar-refractivity contribution in [3.8, 4) is 6.07 Å². The van der Waals surface area contributed by atoms with Crippen molar-refractivity contribution in [2.24, 2.45) is 5.92 Å². The lowest BCUT2D eigenvalue weighted by Gasteiger charge is -2.25. The first-order valence-electron chi connectivity index (χ1n) is 7.11. The van der Waals surface area contributed by atoms with Crippen LogP contribution >= 0.6 is 0 Å². The maximum absolute atomic E-state index is 12.2. The fourth-order valence-corrected chi connectivity index (χ4v) is 3.79. The number of hydrogen-bond acceptors (Lipinski definition) is 4. The van der Waals surface area contributed by atoms with E-state index in [9.17, 15) is 13.5 Å². The summed E-state index contributed by atoms with van der Waals surface area (Å²) in [7, 11) is -3.54. The number of hydrogen-bond donors (Lipinski definition) is 2. The minimum absolute atomic E-state index is 0.190. The minimum Gasteiger partial charge on any atom is -0.393 e. The van der Waals surface area contributed by atoms with Gasteiger partial charge in [0.15, 0.2) is 0 Å². The van der Waals surface area contributed by atoms with Gasteiger partial charge >= 0.3 is 0 Å². The SMILES string of the molecule is Cc1cc(S(=O)(=O)NCC2CCC(O)CC2)ccc1C#N. The normalized spacial score (nSPS) is 22.7. The summed E-state index contributed by atoms with van der Waals surface area (Å²) in [6.07, 6.45) is 2.93. The molecule has 0 saturated heterocycles. The average molecular weight is 308 g/mol. The smallest absolute Gasteiger partial charge is 0.240 e. The van der Waals surface area contributed by atoms with E-state index in [0.29, 0.717) is 17.7 Å². The molecule has 0 atom stereocenters. The van der Waals surface area contributed by atoms with Crippen molar-refractivity contribution in [3.63, 3.8) is 0 Å². The average Bonchev–Trinajstić information content (AvgIpc) is 2.46. The predicted octanol–water partition coefficient (Wildman–Crippen LogP) is 1.70. The third-order valence-corrected chi connectivity index (χ3v) is 5.43. The van der Waals surface area contributed by atoms with E-state index in [1.54, 1.807) is 6.92 Å². The van der Waals surface area contributed by atoms with Crippen molar-refractivity contribution in [3.05, 3.63) is 29.3 Å². The van der Waals surface area contributed by atoms with Gasteiger partial charge in [-0.1, -0.05) is 0 Å². The standard InChI is InChI=1S/C15H20N2O3S/c1-11-8-15(7-4-13(11)9-16)21(19,20)17-10-12-2-5-14(18)6-3-12/h4,7-8,12,14,17-18H,2-3,5-6,10H2,1H3. The molecule has 1 fully saturated rings. The fraction of sp³-hybridized carbons (Fsp3) is 0.533. The van der Waals surface area contributed by atoms with Crippen LogP contribution in [0.5, 0.6) is 0 Å². The van der Waals surface area contributed by atoms with E-state index in [1.165, 1.54) is 18.2 Å². The summed E-state index contributed by atoms with van der Waals surface area (Å²) in [5.74, 6) is 0.280. The van der Waals surface area contributed by atoms with E-state index in [0.717, 1.165) is 25.7 Å². The second-order valence-electron chi connectivity index (χ2n) is 5.61. The monoisotopic (exact) mass is 308 g/mol. The van der Waals surface area contributed by atoms with Gasteiger partial charge in [-0.3, -0.25) is 0 Å². The summed E-state index contributed by atoms with van der Waals surface area (Å²) in [6, 6.07) is 6.53. The Morgan fingerprint density at radius 1 is 1.33 bits per heavy atom. The first-order chi connectivity index (χ1) is 9.92. The molecule has 0 aliphatic heterocycles. The van der Waals surface area contributed by atoms with Crippen molar-refractivity contribution in [2.45, 2.75) is 43.6 Å². The van der Waals surface area contributed by atoms with E-state index in [2.05, 4.69) is 4.72 Å². The number of nitriles is 1. The van der Waals surface area contributed by atoms with Crippen LogP contribution in [0.15, 0.2) is 23.1 Å². The van der Waals surface area contributed by atoms with Crippen LogP contribution in [0.25, 0.3) is 0 Å². The Morgan fingerprint density at radius 3 is 2.57 bits per heavy atom. The Bertz CT molecular complexity index is 641. The molecule has 0 radical (unpaired) electrons. The number of benzene rings is 1. The van der Waals surface area contributed by atoms with Crippen LogP contribution in [0.1, 0.15) is 36.8 Å². The second kappa shape index (κ2) is 6.56. The van der Waals surface area contributed by atoms with Crippen LogP contribution in [0, 0.1) is 24.2 Å². The quantitative estimate of drug-likeness (QED) is 0.885. The van der Waals surface area contributed by atoms with Gasteiger partial charge in [0, 0.05) is 6.54 Å². The molecule has 1 aliphatic carbocycles. The van der Waals surface area contributed by atoms with Crippen molar-refractivity contribution in [1.29, 1.82) is 5.26 Å². The van der Waals surface area contributed by atoms with Crippen molar-refractivity contribution in [1.82, 2.24) is 4.72 Å². The molecule has 5 nitrogen and oxygen atoms in total. The van der Waals surface area contributed by atoms with E-state index in [1.807, 2.05) is 6.07 Å². The zero-order chi connectivity index (χ0) is 15.5. The fourth-order valence-electron chi connectivity index (χ4n) is 2.59. The molecule has 114 valence electrons. The highest BCUT2D eigenvalue weighted by Gasteiger charge is 2.22. The zero-order valence-corrected chi connectivity index (χ0v) is 12.9. The van der Waals surface area contributed by atoms with Crippen LogP contribution in [-0.2, 0) is 10.0 Å². The largest absolute Gasteiger partial charge is 0.393 e. The molecule has 6 heteroatoms. The molecule has 0 spiro atoms. The van der Waals surface area contributed by atoms with Crippen LogP contribution in [0.3, 0.4) is 0 Å². The number of aryl methyl sites for hydroxylation is 1. The van der Waals surface area contributed by atoms with Crippen molar-refractivity contribution < 1.29 is 13.5 Å². The first kappa shape index (κ1) is 16.0. The Hall–Kier alpha value is -1.42. The van der Waals surface area contributed by atoms with Gasteiger partial charge in [0.1, 0.15) is 0 Å². The Kier molecular flexibility index (Phi) is 4.99. The Balaban J connectivity index is 2.02. The molecule has 0 aromatic heterocycles. The first-order valence-corrected chi connectivity index (χ1v) is 8.59. The molecular weight excluding hydrogens is 288 g/mol. The summed E-state index contributed by atoms with van der Waals surface area (Å²) in [5, 5.41) is 18.3. The Morgan fingerprint density at radius 2 is 2.00 bits per heavy atom. The highest BCUT2D eigenvalue weighted by molar-refractivity contribution is 7.89. The molecular formula is C15H20N2O3S.